The summed E-state index contributed by atoms with van der Waals surface area (Å²) in [7, 11) is 0. The fraction of sp³-hybridized carbons (Fsp3) is 0.150. The molecule has 3 nitrogen and oxygen atoms in total. The van der Waals surface area contributed by atoms with Crippen molar-refractivity contribution < 1.29 is 18.0 Å². The number of halogens is 4. The third-order valence-electron chi connectivity index (χ3n) is 4.34. The Morgan fingerprint density at radius 1 is 1.07 bits per heavy atom. The molecule has 28 heavy (non-hydrogen) atoms. The van der Waals surface area contributed by atoms with Crippen LogP contribution < -0.4 is 0 Å². The number of thioether (sulfide) groups is 1. The van der Waals surface area contributed by atoms with E-state index in [4.69, 9.17) is 27.6 Å². The third-order valence-corrected chi connectivity index (χ3v) is 5.81. The normalized spacial score (nSPS) is 13.9. The number of hydrogen-bond donors (Lipinski definition) is 0. The Hall–Kier alpha value is -2.02. The van der Waals surface area contributed by atoms with Gasteiger partial charge < -0.3 is 9.32 Å². The maximum atomic E-state index is 13.9. The van der Waals surface area contributed by atoms with Crippen molar-refractivity contribution in [3.05, 3.63) is 69.9 Å². The van der Waals surface area contributed by atoms with Gasteiger partial charge in [-0.1, -0.05) is 23.2 Å². The molecule has 8 heteroatoms. The van der Waals surface area contributed by atoms with Gasteiger partial charge in [-0.15, -0.1) is 11.8 Å². The Morgan fingerprint density at radius 3 is 2.57 bits per heavy atom. The summed E-state index contributed by atoms with van der Waals surface area (Å²) in [6.07, 6.45) is 0. The zero-order chi connectivity index (χ0) is 19.8. The molecule has 3 aromatic rings. The molecule has 2 heterocycles. The Labute approximate surface area is 174 Å². The highest BCUT2D eigenvalue weighted by molar-refractivity contribution is 7.99. The summed E-state index contributed by atoms with van der Waals surface area (Å²) in [6, 6.07) is 9.72. The van der Waals surface area contributed by atoms with Crippen LogP contribution in [0.15, 0.2) is 46.9 Å². The van der Waals surface area contributed by atoms with Crippen LogP contribution in [-0.4, -0.2) is 29.0 Å². The Kier molecular flexibility index (Phi) is 5.36. The van der Waals surface area contributed by atoms with Crippen LogP contribution in [0.2, 0.25) is 10.0 Å². The van der Waals surface area contributed by atoms with Crippen molar-refractivity contribution >= 4 is 40.9 Å². The average molecular weight is 440 g/mol. The van der Waals surface area contributed by atoms with Crippen LogP contribution in [0.5, 0.6) is 0 Å². The first kappa shape index (κ1) is 19.3. The highest BCUT2D eigenvalue weighted by Crippen LogP contribution is 2.38. The van der Waals surface area contributed by atoms with E-state index >= 15 is 0 Å². The lowest BCUT2D eigenvalue weighted by atomic mass is 10.0. The van der Waals surface area contributed by atoms with Gasteiger partial charge in [-0.25, -0.2) is 8.78 Å². The van der Waals surface area contributed by atoms with Gasteiger partial charge in [0, 0.05) is 28.4 Å². The van der Waals surface area contributed by atoms with E-state index in [9.17, 15) is 13.6 Å². The highest BCUT2D eigenvalue weighted by Gasteiger charge is 2.26. The van der Waals surface area contributed by atoms with Crippen molar-refractivity contribution in [3.63, 3.8) is 0 Å². The number of nitrogens with zero attached hydrogens (tertiary/aromatic N) is 1. The van der Waals surface area contributed by atoms with E-state index in [0.29, 0.717) is 34.9 Å². The summed E-state index contributed by atoms with van der Waals surface area (Å²) in [4.78, 5) is 14.4. The minimum absolute atomic E-state index is 0.0825. The SMILES string of the molecule is O=C(c1cc(-c2cc(F)cc(Cl)c2)c(-c2ccc(F)c(Cl)c2)o1)N1CCSC1. The van der Waals surface area contributed by atoms with Crippen molar-refractivity contribution in [2.45, 2.75) is 0 Å². The molecule has 0 spiro atoms. The van der Waals surface area contributed by atoms with Crippen molar-refractivity contribution in [3.8, 4) is 22.5 Å². The molecule has 1 saturated heterocycles. The molecule has 0 N–H and O–H groups in total. The number of furan rings is 1. The molecule has 1 aliphatic rings. The minimum atomic E-state index is -0.572. The highest BCUT2D eigenvalue weighted by atomic mass is 35.5. The second-order valence-electron chi connectivity index (χ2n) is 6.25. The predicted molar refractivity (Wildman–Crippen MR) is 108 cm³/mol. The van der Waals surface area contributed by atoms with Gasteiger partial charge in [-0.2, -0.15) is 0 Å². The topological polar surface area (TPSA) is 33.5 Å². The molecule has 0 bridgehead atoms. The van der Waals surface area contributed by atoms with Crippen LogP contribution in [-0.2, 0) is 0 Å². The van der Waals surface area contributed by atoms with E-state index < -0.39 is 11.6 Å². The Balaban J connectivity index is 1.86. The first-order chi connectivity index (χ1) is 13.4. The number of hydrogen-bond acceptors (Lipinski definition) is 3. The average Bonchev–Trinajstić information content (AvgIpc) is 3.32. The molecule has 2 aromatic carbocycles. The minimum Gasteiger partial charge on any atom is -0.450 e. The molecule has 144 valence electrons. The molecular weight excluding hydrogens is 427 g/mol. The Bertz CT molecular complexity index is 1040. The first-order valence-electron chi connectivity index (χ1n) is 8.35. The zero-order valence-electron chi connectivity index (χ0n) is 14.3. The van der Waals surface area contributed by atoms with E-state index in [1.54, 1.807) is 28.8 Å². The summed E-state index contributed by atoms with van der Waals surface area (Å²) >= 11 is 13.6. The van der Waals surface area contributed by atoms with Gasteiger partial charge in [0.2, 0.25) is 0 Å². The lowest BCUT2D eigenvalue weighted by Gasteiger charge is -2.11. The summed E-state index contributed by atoms with van der Waals surface area (Å²) in [6.45, 7) is 0.628. The van der Waals surface area contributed by atoms with Gasteiger partial charge in [0.05, 0.1) is 10.9 Å². The van der Waals surface area contributed by atoms with Crippen LogP contribution in [0.25, 0.3) is 22.5 Å². The predicted octanol–water partition coefficient (Wildman–Crippen LogP) is 6.35. The molecular formula is C20H13Cl2F2NO2S. The fourth-order valence-corrected chi connectivity index (χ4v) is 4.35. The second kappa shape index (κ2) is 7.78. The molecule has 1 aliphatic heterocycles. The zero-order valence-corrected chi connectivity index (χ0v) is 16.7. The second-order valence-corrected chi connectivity index (χ2v) is 8.16. The van der Waals surface area contributed by atoms with Gasteiger partial charge in [0.15, 0.2) is 5.76 Å². The fourth-order valence-electron chi connectivity index (χ4n) is 3.00. The van der Waals surface area contributed by atoms with E-state index in [0.717, 1.165) is 5.75 Å². The number of rotatable bonds is 3. The molecule has 0 unspecified atom stereocenters. The standard InChI is InChI=1S/C20H13Cl2F2NO2S/c21-13-5-12(6-14(23)8-13)15-9-18(20(26)25-3-4-28-10-25)27-19(15)11-1-2-17(24)16(22)7-11/h1-2,5-9H,3-4,10H2. The van der Waals surface area contributed by atoms with Gasteiger partial charge in [0.1, 0.15) is 17.4 Å². The van der Waals surface area contributed by atoms with Crippen LogP contribution in [0.3, 0.4) is 0 Å². The van der Waals surface area contributed by atoms with Gasteiger partial charge in [-0.3, -0.25) is 4.79 Å². The maximum Gasteiger partial charge on any atom is 0.290 e. The molecule has 4 rings (SSSR count). The van der Waals surface area contributed by atoms with Crippen LogP contribution >= 0.6 is 35.0 Å². The molecule has 0 aliphatic carbocycles. The van der Waals surface area contributed by atoms with Crippen LogP contribution in [0, 0.1) is 11.6 Å². The number of carbonyl (C=O) groups is 1. The quantitative estimate of drug-likeness (QED) is 0.476. The number of amides is 1. The van der Waals surface area contributed by atoms with Crippen molar-refractivity contribution in [1.82, 2.24) is 4.90 Å². The molecule has 1 fully saturated rings. The lowest BCUT2D eigenvalue weighted by molar-refractivity contribution is 0.0772. The van der Waals surface area contributed by atoms with Crippen molar-refractivity contribution in [2.75, 3.05) is 18.2 Å². The number of benzene rings is 2. The molecule has 0 radical (unpaired) electrons. The first-order valence-corrected chi connectivity index (χ1v) is 10.3. The Morgan fingerprint density at radius 2 is 1.89 bits per heavy atom. The van der Waals surface area contributed by atoms with Gasteiger partial charge >= 0.3 is 0 Å². The van der Waals surface area contributed by atoms with Crippen molar-refractivity contribution in [1.29, 1.82) is 0 Å². The summed E-state index contributed by atoms with van der Waals surface area (Å²) < 4.78 is 33.4. The van der Waals surface area contributed by atoms with E-state index in [2.05, 4.69) is 0 Å². The number of carbonyl (C=O) groups excluding carboxylic acids is 1. The summed E-state index contributed by atoms with van der Waals surface area (Å²) in [5.74, 6) is 0.506. The van der Waals surface area contributed by atoms with Crippen LogP contribution in [0.4, 0.5) is 8.78 Å². The van der Waals surface area contributed by atoms with E-state index in [1.807, 2.05) is 0 Å². The third kappa shape index (κ3) is 3.77. The van der Waals surface area contributed by atoms with Gasteiger partial charge in [-0.05, 0) is 48.0 Å². The van der Waals surface area contributed by atoms with Gasteiger partial charge in [0.25, 0.3) is 5.91 Å². The largest absolute Gasteiger partial charge is 0.450 e. The van der Waals surface area contributed by atoms with E-state index in [1.165, 1.54) is 30.3 Å². The lowest BCUT2D eigenvalue weighted by Crippen LogP contribution is -2.27. The molecule has 1 aromatic heterocycles. The summed E-state index contributed by atoms with van der Waals surface area (Å²) in [5, 5.41) is 0.129. The molecule has 1 amide bonds. The molecule has 0 saturated carbocycles. The van der Waals surface area contributed by atoms with E-state index in [-0.39, 0.29) is 21.7 Å². The maximum absolute atomic E-state index is 13.9. The summed E-state index contributed by atoms with van der Waals surface area (Å²) in [5.41, 5.74) is 1.38. The van der Waals surface area contributed by atoms with Crippen molar-refractivity contribution in [2.24, 2.45) is 0 Å². The monoisotopic (exact) mass is 439 g/mol. The smallest absolute Gasteiger partial charge is 0.290 e. The van der Waals surface area contributed by atoms with Crippen LogP contribution in [0.1, 0.15) is 10.6 Å². The molecule has 0 atom stereocenters.